The molecular formula is C15H22ClNO4. The summed E-state index contributed by atoms with van der Waals surface area (Å²) in [6.45, 7) is 5.45. The van der Waals surface area contributed by atoms with Crippen molar-refractivity contribution in [3.63, 3.8) is 0 Å². The molecule has 0 atom stereocenters. The second-order valence-electron chi connectivity index (χ2n) is 5.33. The standard InChI is InChI=1S/C15H22ClNO4/c1-5-15(2,3)17-13(19)9-21-14-10(8-18)6-11(16)7-12(14)20-4/h6-7,18H,5,8-9H2,1-4H3,(H,17,19). The lowest BCUT2D eigenvalue weighted by Gasteiger charge is -2.24. The molecule has 0 aromatic heterocycles. The largest absolute Gasteiger partial charge is 0.493 e. The van der Waals surface area contributed by atoms with E-state index in [1.54, 1.807) is 12.1 Å². The second-order valence-corrected chi connectivity index (χ2v) is 5.77. The highest BCUT2D eigenvalue weighted by Gasteiger charge is 2.19. The monoisotopic (exact) mass is 315 g/mol. The molecule has 0 fully saturated rings. The fourth-order valence-electron chi connectivity index (χ4n) is 1.70. The molecular weight excluding hydrogens is 294 g/mol. The maximum absolute atomic E-state index is 11.9. The van der Waals surface area contributed by atoms with Crippen LogP contribution in [0.15, 0.2) is 12.1 Å². The average molecular weight is 316 g/mol. The molecule has 118 valence electrons. The third-order valence-electron chi connectivity index (χ3n) is 3.20. The SMILES string of the molecule is CCC(C)(C)NC(=O)COc1c(CO)cc(Cl)cc1OC. The van der Waals surface area contributed by atoms with Crippen LogP contribution in [0.5, 0.6) is 11.5 Å². The second kappa shape index (κ2) is 7.52. The number of carbonyl (C=O) groups is 1. The van der Waals surface area contributed by atoms with Crippen molar-refractivity contribution in [1.29, 1.82) is 0 Å². The van der Waals surface area contributed by atoms with Crippen molar-refractivity contribution < 1.29 is 19.4 Å². The van der Waals surface area contributed by atoms with Gasteiger partial charge in [-0.2, -0.15) is 0 Å². The zero-order valence-electron chi connectivity index (χ0n) is 12.8. The van der Waals surface area contributed by atoms with Crippen LogP contribution < -0.4 is 14.8 Å². The van der Waals surface area contributed by atoms with Crippen LogP contribution in [-0.2, 0) is 11.4 Å². The van der Waals surface area contributed by atoms with Gasteiger partial charge in [-0.15, -0.1) is 0 Å². The van der Waals surface area contributed by atoms with Crippen LogP contribution in [0.25, 0.3) is 0 Å². The van der Waals surface area contributed by atoms with Gasteiger partial charge in [-0.05, 0) is 26.3 Å². The van der Waals surface area contributed by atoms with E-state index < -0.39 is 0 Å². The van der Waals surface area contributed by atoms with Crippen LogP contribution in [0.3, 0.4) is 0 Å². The van der Waals surface area contributed by atoms with Crippen LogP contribution in [0.4, 0.5) is 0 Å². The summed E-state index contributed by atoms with van der Waals surface area (Å²) in [5.41, 5.74) is 0.187. The number of rotatable bonds is 7. The van der Waals surface area contributed by atoms with E-state index in [1.807, 2.05) is 20.8 Å². The first kappa shape index (κ1) is 17.6. The lowest BCUT2D eigenvalue weighted by Crippen LogP contribution is -2.44. The Hall–Kier alpha value is -1.46. The van der Waals surface area contributed by atoms with Crippen molar-refractivity contribution in [3.8, 4) is 11.5 Å². The molecule has 0 saturated heterocycles. The van der Waals surface area contributed by atoms with E-state index in [-0.39, 0.29) is 24.7 Å². The van der Waals surface area contributed by atoms with Gasteiger partial charge in [-0.25, -0.2) is 0 Å². The minimum atomic E-state index is -0.287. The smallest absolute Gasteiger partial charge is 0.258 e. The lowest BCUT2D eigenvalue weighted by atomic mass is 10.0. The quantitative estimate of drug-likeness (QED) is 0.811. The zero-order valence-corrected chi connectivity index (χ0v) is 13.6. The van der Waals surface area contributed by atoms with Gasteiger partial charge in [0.1, 0.15) is 0 Å². The number of ether oxygens (including phenoxy) is 2. The lowest BCUT2D eigenvalue weighted by molar-refractivity contribution is -0.124. The van der Waals surface area contributed by atoms with Crippen molar-refractivity contribution in [2.24, 2.45) is 0 Å². The van der Waals surface area contributed by atoms with Gasteiger partial charge < -0.3 is 19.9 Å². The van der Waals surface area contributed by atoms with Crippen LogP contribution in [0, 0.1) is 0 Å². The molecule has 0 spiro atoms. The van der Waals surface area contributed by atoms with Gasteiger partial charge in [0.25, 0.3) is 5.91 Å². The number of aliphatic hydroxyl groups is 1. The number of carbonyl (C=O) groups excluding carboxylic acids is 1. The number of hydrogen-bond donors (Lipinski definition) is 2. The van der Waals surface area contributed by atoms with Gasteiger partial charge in [0.05, 0.1) is 13.7 Å². The maximum atomic E-state index is 11.9. The number of halogens is 1. The van der Waals surface area contributed by atoms with E-state index in [0.29, 0.717) is 22.1 Å². The number of amides is 1. The minimum absolute atomic E-state index is 0.158. The van der Waals surface area contributed by atoms with Crippen molar-refractivity contribution in [3.05, 3.63) is 22.7 Å². The molecule has 0 aliphatic carbocycles. The van der Waals surface area contributed by atoms with Crippen LogP contribution >= 0.6 is 11.6 Å². The average Bonchev–Trinajstić information content (AvgIpc) is 2.44. The van der Waals surface area contributed by atoms with E-state index in [2.05, 4.69) is 5.32 Å². The molecule has 5 nitrogen and oxygen atoms in total. The van der Waals surface area contributed by atoms with Gasteiger partial charge in [0, 0.05) is 22.2 Å². The number of hydrogen-bond acceptors (Lipinski definition) is 4. The van der Waals surface area contributed by atoms with Crippen LogP contribution in [-0.4, -0.2) is 30.3 Å². The molecule has 21 heavy (non-hydrogen) atoms. The van der Waals surface area contributed by atoms with E-state index in [0.717, 1.165) is 6.42 Å². The molecule has 1 aromatic rings. The van der Waals surface area contributed by atoms with E-state index in [9.17, 15) is 9.90 Å². The molecule has 1 rings (SSSR count). The third kappa shape index (κ3) is 5.10. The molecule has 0 aliphatic rings. The zero-order chi connectivity index (χ0) is 16.0. The molecule has 0 aliphatic heterocycles. The summed E-state index contributed by atoms with van der Waals surface area (Å²) in [4.78, 5) is 11.9. The summed E-state index contributed by atoms with van der Waals surface area (Å²) in [6.07, 6.45) is 0.810. The number of aliphatic hydroxyl groups excluding tert-OH is 1. The Morgan fingerprint density at radius 1 is 1.43 bits per heavy atom. The minimum Gasteiger partial charge on any atom is -0.493 e. The summed E-state index contributed by atoms with van der Waals surface area (Å²) >= 11 is 5.92. The van der Waals surface area contributed by atoms with E-state index in [1.165, 1.54) is 7.11 Å². The number of nitrogens with one attached hydrogen (secondary N) is 1. The van der Waals surface area contributed by atoms with Crippen LogP contribution in [0.1, 0.15) is 32.8 Å². The van der Waals surface area contributed by atoms with Crippen molar-refractivity contribution in [1.82, 2.24) is 5.32 Å². The predicted molar refractivity (Wildman–Crippen MR) is 81.9 cm³/mol. The first-order valence-electron chi connectivity index (χ1n) is 6.74. The Kier molecular flexibility index (Phi) is 6.30. The Morgan fingerprint density at radius 3 is 2.62 bits per heavy atom. The van der Waals surface area contributed by atoms with Crippen molar-refractivity contribution in [2.75, 3.05) is 13.7 Å². The summed E-state index contributed by atoms with van der Waals surface area (Å²) in [5, 5.41) is 12.7. The third-order valence-corrected chi connectivity index (χ3v) is 3.41. The van der Waals surface area contributed by atoms with Crippen molar-refractivity contribution in [2.45, 2.75) is 39.3 Å². The maximum Gasteiger partial charge on any atom is 0.258 e. The van der Waals surface area contributed by atoms with Gasteiger partial charge in [-0.3, -0.25) is 4.79 Å². The molecule has 0 heterocycles. The summed E-state index contributed by atoms with van der Waals surface area (Å²) < 4.78 is 10.7. The van der Waals surface area contributed by atoms with Gasteiger partial charge in [-0.1, -0.05) is 18.5 Å². The molecule has 0 saturated carbocycles. The molecule has 2 N–H and O–H groups in total. The van der Waals surface area contributed by atoms with E-state index >= 15 is 0 Å². The Bertz CT molecular complexity index is 477. The predicted octanol–water partition coefficient (Wildman–Crippen LogP) is 2.52. The summed E-state index contributed by atoms with van der Waals surface area (Å²) in [7, 11) is 1.47. The van der Waals surface area contributed by atoms with E-state index in [4.69, 9.17) is 21.1 Å². The molecule has 6 heteroatoms. The fourth-order valence-corrected chi connectivity index (χ4v) is 1.93. The van der Waals surface area contributed by atoms with Crippen molar-refractivity contribution >= 4 is 17.5 Å². The number of benzene rings is 1. The van der Waals surface area contributed by atoms with Gasteiger partial charge in [0.2, 0.25) is 0 Å². The highest BCUT2D eigenvalue weighted by molar-refractivity contribution is 6.30. The normalized spacial score (nSPS) is 11.1. The fraction of sp³-hybridized carbons (Fsp3) is 0.533. The summed E-state index contributed by atoms with van der Waals surface area (Å²) in [5.74, 6) is 0.477. The Labute approximate surface area is 130 Å². The molecule has 0 unspecified atom stereocenters. The first-order valence-corrected chi connectivity index (χ1v) is 7.11. The number of methoxy groups -OCH3 is 1. The Morgan fingerprint density at radius 2 is 2.10 bits per heavy atom. The Balaban J connectivity index is 2.81. The van der Waals surface area contributed by atoms with Gasteiger partial charge in [0.15, 0.2) is 18.1 Å². The highest BCUT2D eigenvalue weighted by Crippen LogP contribution is 2.34. The first-order chi connectivity index (χ1) is 9.82. The molecule has 1 amide bonds. The summed E-state index contributed by atoms with van der Waals surface area (Å²) in [6, 6.07) is 3.15. The highest BCUT2D eigenvalue weighted by atomic mass is 35.5. The molecule has 1 aromatic carbocycles. The molecule has 0 bridgehead atoms. The van der Waals surface area contributed by atoms with Gasteiger partial charge >= 0.3 is 0 Å². The molecule has 0 radical (unpaired) electrons. The topological polar surface area (TPSA) is 67.8 Å². The van der Waals surface area contributed by atoms with Crippen LogP contribution in [0.2, 0.25) is 5.02 Å².